The predicted molar refractivity (Wildman–Crippen MR) is 69.4 cm³/mol. The summed E-state index contributed by atoms with van der Waals surface area (Å²) >= 11 is 0. The van der Waals surface area contributed by atoms with Crippen molar-refractivity contribution >= 4 is 17.3 Å². The molecule has 0 saturated heterocycles. The minimum Gasteiger partial charge on any atom is -0.396 e. The molecule has 0 saturated carbocycles. The van der Waals surface area contributed by atoms with Gasteiger partial charge in [0, 0.05) is 19.3 Å². The summed E-state index contributed by atoms with van der Waals surface area (Å²) in [5, 5.41) is 4.01. The van der Waals surface area contributed by atoms with Gasteiger partial charge in [-0.05, 0) is 18.1 Å². The second-order valence-electron chi connectivity index (χ2n) is 4.41. The van der Waals surface area contributed by atoms with Crippen molar-refractivity contribution in [2.75, 3.05) is 17.2 Å². The number of fused-ring (bicyclic) bond motifs is 1. The van der Waals surface area contributed by atoms with E-state index in [4.69, 9.17) is 5.73 Å². The molecule has 5 heteroatoms. The molecule has 1 amide bonds. The molecule has 92 valence electrons. The number of carbonyl (C=O) groups is 1. The van der Waals surface area contributed by atoms with Gasteiger partial charge in [-0.1, -0.05) is 18.2 Å². The number of hydrogen-bond acceptors (Lipinski definition) is 3. The van der Waals surface area contributed by atoms with Gasteiger partial charge in [0.2, 0.25) is 0 Å². The van der Waals surface area contributed by atoms with Crippen LogP contribution in [0, 0.1) is 0 Å². The highest BCUT2D eigenvalue weighted by molar-refractivity contribution is 6.09. The molecule has 0 aliphatic carbocycles. The zero-order valence-corrected chi connectivity index (χ0v) is 10.1. The number of hydrogen-bond donors (Lipinski definition) is 1. The van der Waals surface area contributed by atoms with Crippen molar-refractivity contribution in [2.45, 2.75) is 6.42 Å². The summed E-state index contributed by atoms with van der Waals surface area (Å²) in [7, 11) is 1.73. The highest BCUT2D eigenvalue weighted by Crippen LogP contribution is 2.29. The Kier molecular flexibility index (Phi) is 2.33. The van der Waals surface area contributed by atoms with Crippen molar-refractivity contribution in [3.05, 3.63) is 41.7 Å². The standard InChI is InChI=1S/C13H14N4O/c1-16-12(10(14)8-15-16)13(18)17-7-6-9-4-2-3-5-11(9)17/h2-5,8H,6-7,14H2,1H3. The Balaban J connectivity index is 2.01. The lowest BCUT2D eigenvalue weighted by Gasteiger charge is -2.17. The maximum atomic E-state index is 12.5. The second kappa shape index (κ2) is 3.87. The number of benzene rings is 1. The summed E-state index contributed by atoms with van der Waals surface area (Å²) in [6, 6.07) is 7.95. The highest BCUT2D eigenvalue weighted by atomic mass is 16.2. The van der Waals surface area contributed by atoms with Crippen molar-refractivity contribution < 1.29 is 4.79 Å². The van der Waals surface area contributed by atoms with Gasteiger partial charge in [-0.2, -0.15) is 5.10 Å². The van der Waals surface area contributed by atoms with Crippen LogP contribution in [0.25, 0.3) is 0 Å². The maximum absolute atomic E-state index is 12.5. The number of nitrogens with two attached hydrogens (primary N) is 1. The van der Waals surface area contributed by atoms with E-state index in [2.05, 4.69) is 11.2 Å². The van der Waals surface area contributed by atoms with Crippen LogP contribution in [-0.4, -0.2) is 22.2 Å². The van der Waals surface area contributed by atoms with Crippen LogP contribution in [0.1, 0.15) is 16.1 Å². The van der Waals surface area contributed by atoms with Gasteiger partial charge < -0.3 is 10.6 Å². The number of amides is 1. The molecule has 1 aromatic carbocycles. The van der Waals surface area contributed by atoms with E-state index >= 15 is 0 Å². The number of nitrogen functional groups attached to an aromatic ring is 1. The van der Waals surface area contributed by atoms with Crippen molar-refractivity contribution in [2.24, 2.45) is 7.05 Å². The molecular weight excluding hydrogens is 228 g/mol. The van der Waals surface area contributed by atoms with Crippen molar-refractivity contribution in [3.8, 4) is 0 Å². The van der Waals surface area contributed by atoms with Gasteiger partial charge in [-0.25, -0.2) is 0 Å². The van der Waals surface area contributed by atoms with E-state index in [0.29, 0.717) is 17.9 Å². The molecule has 1 aromatic heterocycles. The van der Waals surface area contributed by atoms with Gasteiger partial charge >= 0.3 is 0 Å². The van der Waals surface area contributed by atoms with Gasteiger partial charge in [0.15, 0.2) is 0 Å². The Hall–Kier alpha value is -2.30. The second-order valence-corrected chi connectivity index (χ2v) is 4.41. The highest BCUT2D eigenvalue weighted by Gasteiger charge is 2.28. The SMILES string of the molecule is Cn1ncc(N)c1C(=O)N1CCc2ccccc21. The fraction of sp³-hybridized carbons (Fsp3) is 0.231. The smallest absolute Gasteiger partial charge is 0.278 e. The molecular formula is C13H14N4O. The fourth-order valence-electron chi connectivity index (χ4n) is 2.39. The Morgan fingerprint density at radius 2 is 2.17 bits per heavy atom. The summed E-state index contributed by atoms with van der Waals surface area (Å²) < 4.78 is 1.53. The normalized spacial score (nSPS) is 13.7. The molecule has 0 unspecified atom stereocenters. The molecule has 1 aliphatic heterocycles. The molecule has 2 aromatic rings. The third-order valence-electron chi connectivity index (χ3n) is 3.30. The van der Waals surface area contributed by atoms with E-state index in [1.165, 1.54) is 16.4 Å². The molecule has 0 bridgehead atoms. The zero-order chi connectivity index (χ0) is 12.7. The molecule has 0 fully saturated rings. The number of rotatable bonds is 1. The van der Waals surface area contributed by atoms with Crippen LogP contribution in [0.4, 0.5) is 11.4 Å². The van der Waals surface area contributed by atoms with Gasteiger partial charge in [-0.15, -0.1) is 0 Å². The van der Waals surface area contributed by atoms with E-state index in [-0.39, 0.29) is 5.91 Å². The molecule has 0 spiro atoms. The van der Waals surface area contributed by atoms with Crippen LogP contribution in [0.5, 0.6) is 0 Å². The van der Waals surface area contributed by atoms with E-state index in [1.54, 1.807) is 11.9 Å². The quantitative estimate of drug-likeness (QED) is 0.817. The molecule has 1 aliphatic rings. The molecule has 0 atom stereocenters. The average molecular weight is 242 g/mol. The number of nitrogens with zero attached hydrogens (tertiary/aromatic N) is 3. The van der Waals surface area contributed by atoms with E-state index < -0.39 is 0 Å². The molecule has 5 nitrogen and oxygen atoms in total. The minimum absolute atomic E-state index is 0.0857. The topological polar surface area (TPSA) is 64.2 Å². The Morgan fingerprint density at radius 1 is 1.39 bits per heavy atom. The zero-order valence-electron chi connectivity index (χ0n) is 10.1. The monoisotopic (exact) mass is 242 g/mol. The van der Waals surface area contributed by atoms with Crippen LogP contribution < -0.4 is 10.6 Å². The number of aryl methyl sites for hydroxylation is 1. The van der Waals surface area contributed by atoms with Crippen molar-refractivity contribution in [3.63, 3.8) is 0 Å². The first kappa shape index (κ1) is 10.8. The van der Waals surface area contributed by atoms with Gasteiger partial charge in [0.25, 0.3) is 5.91 Å². The summed E-state index contributed by atoms with van der Waals surface area (Å²) in [6.45, 7) is 0.697. The number of aromatic nitrogens is 2. The van der Waals surface area contributed by atoms with Crippen molar-refractivity contribution in [1.82, 2.24) is 9.78 Å². The van der Waals surface area contributed by atoms with Crippen LogP contribution in [-0.2, 0) is 13.5 Å². The lowest BCUT2D eigenvalue weighted by molar-refractivity contribution is 0.0981. The largest absolute Gasteiger partial charge is 0.396 e. The number of carbonyl (C=O) groups excluding carboxylic acids is 1. The molecule has 2 N–H and O–H groups in total. The van der Waals surface area contributed by atoms with E-state index in [1.807, 2.05) is 18.2 Å². The molecule has 18 heavy (non-hydrogen) atoms. The van der Waals surface area contributed by atoms with Gasteiger partial charge in [-0.3, -0.25) is 9.48 Å². The van der Waals surface area contributed by atoms with Gasteiger partial charge in [0.1, 0.15) is 5.69 Å². The van der Waals surface area contributed by atoms with Crippen LogP contribution in [0.15, 0.2) is 30.5 Å². The lowest BCUT2D eigenvalue weighted by Crippen LogP contribution is -2.31. The summed E-state index contributed by atoms with van der Waals surface area (Å²) in [4.78, 5) is 14.3. The van der Waals surface area contributed by atoms with E-state index in [9.17, 15) is 4.79 Å². The lowest BCUT2D eigenvalue weighted by atomic mass is 10.2. The third kappa shape index (κ3) is 1.48. The summed E-state index contributed by atoms with van der Waals surface area (Å²) in [6.07, 6.45) is 2.40. The molecule has 3 rings (SSSR count). The number of anilines is 2. The Bertz CT molecular complexity index is 598. The first-order chi connectivity index (χ1) is 8.68. The maximum Gasteiger partial charge on any atom is 0.278 e. The molecule has 0 radical (unpaired) electrons. The summed E-state index contributed by atoms with van der Waals surface area (Å²) in [5.74, 6) is -0.0857. The van der Waals surface area contributed by atoms with Crippen LogP contribution >= 0.6 is 0 Å². The fourth-order valence-corrected chi connectivity index (χ4v) is 2.39. The average Bonchev–Trinajstić information content (AvgIpc) is 2.93. The van der Waals surface area contributed by atoms with Gasteiger partial charge in [0.05, 0.1) is 11.9 Å². The Labute approximate surface area is 105 Å². The predicted octanol–water partition coefficient (Wildman–Crippen LogP) is 1.21. The van der Waals surface area contributed by atoms with Crippen molar-refractivity contribution in [1.29, 1.82) is 0 Å². The van der Waals surface area contributed by atoms with Crippen LogP contribution in [0.3, 0.4) is 0 Å². The Morgan fingerprint density at radius 3 is 2.89 bits per heavy atom. The third-order valence-corrected chi connectivity index (χ3v) is 3.30. The number of para-hydroxylation sites is 1. The van der Waals surface area contributed by atoms with E-state index in [0.717, 1.165) is 12.1 Å². The first-order valence-corrected chi connectivity index (χ1v) is 5.85. The van der Waals surface area contributed by atoms with Crippen LogP contribution in [0.2, 0.25) is 0 Å². The molecule has 2 heterocycles. The minimum atomic E-state index is -0.0857. The first-order valence-electron chi connectivity index (χ1n) is 5.85. The summed E-state index contributed by atoms with van der Waals surface area (Å²) in [5.41, 5.74) is 8.85.